The molecule has 2 amide bonds. The number of carboxylic acid groups (broad SMARTS) is 1. The first-order valence-corrected chi connectivity index (χ1v) is 13.6. The van der Waals surface area contributed by atoms with Crippen molar-refractivity contribution in [1.29, 1.82) is 0 Å². The van der Waals surface area contributed by atoms with Gasteiger partial charge in [-0.3, -0.25) is 4.79 Å². The zero-order valence-electron chi connectivity index (χ0n) is 23.0. The van der Waals surface area contributed by atoms with Gasteiger partial charge in [-0.15, -0.1) is 5.10 Å². The van der Waals surface area contributed by atoms with Crippen molar-refractivity contribution >= 4 is 18.0 Å². The number of fused-ring (bicyclic) bond motifs is 3. The van der Waals surface area contributed by atoms with E-state index in [0.29, 0.717) is 0 Å². The molecule has 0 saturated carbocycles. The molecule has 3 N–H and O–H groups in total. The van der Waals surface area contributed by atoms with E-state index in [2.05, 4.69) is 45.2 Å². The number of amides is 2. The third-order valence-electron chi connectivity index (χ3n) is 7.10. The van der Waals surface area contributed by atoms with E-state index < -0.39 is 30.1 Å². The predicted octanol–water partition coefficient (Wildman–Crippen LogP) is 3.61. The van der Waals surface area contributed by atoms with Gasteiger partial charge in [-0.25, -0.2) is 14.3 Å². The van der Waals surface area contributed by atoms with Crippen molar-refractivity contribution in [3.8, 4) is 11.1 Å². The fourth-order valence-corrected chi connectivity index (χ4v) is 4.93. The Morgan fingerprint density at radius 3 is 2.26 bits per heavy atom. The highest BCUT2D eigenvalue weighted by Crippen LogP contribution is 2.44. The normalized spacial score (nSPS) is 13.5. The van der Waals surface area contributed by atoms with E-state index in [1.54, 1.807) is 6.92 Å². The number of nitrogens with zero attached hydrogens (tertiary/aromatic N) is 3. The lowest BCUT2D eigenvalue weighted by atomic mass is 9.98. The number of ether oxygens (including phenoxy) is 2. The Kier molecular flexibility index (Phi) is 8.88. The molecule has 2 unspecified atom stereocenters. The maximum Gasteiger partial charge on any atom is 0.407 e. The Bertz CT molecular complexity index is 1510. The minimum absolute atomic E-state index is 0.0411. The van der Waals surface area contributed by atoms with Crippen LogP contribution in [0.2, 0.25) is 0 Å². The Hall–Kier alpha value is -5.03. The lowest BCUT2D eigenvalue weighted by Crippen LogP contribution is -2.48. The summed E-state index contributed by atoms with van der Waals surface area (Å²) in [6.07, 6.45) is 0.00945. The Balaban J connectivity index is 1.08. The number of carbonyl (C=O) groups is 3. The van der Waals surface area contributed by atoms with Gasteiger partial charge in [0.1, 0.15) is 6.61 Å². The summed E-state index contributed by atoms with van der Waals surface area (Å²) in [5.74, 6) is -1.97. The van der Waals surface area contributed by atoms with Gasteiger partial charge in [0.05, 0.1) is 25.5 Å². The van der Waals surface area contributed by atoms with Crippen molar-refractivity contribution in [3.63, 3.8) is 0 Å². The van der Waals surface area contributed by atoms with Crippen LogP contribution in [0, 0.1) is 0 Å². The molecule has 11 heteroatoms. The van der Waals surface area contributed by atoms with Crippen LogP contribution in [0.3, 0.4) is 0 Å². The summed E-state index contributed by atoms with van der Waals surface area (Å²) >= 11 is 0. The number of hydrogen-bond acceptors (Lipinski definition) is 7. The molecule has 4 aromatic rings. The molecule has 5 rings (SSSR count). The van der Waals surface area contributed by atoms with Gasteiger partial charge in [0, 0.05) is 12.5 Å². The van der Waals surface area contributed by atoms with Crippen LogP contribution >= 0.6 is 0 Å². The summed E-state index contributed by atoms with van der Waals surface area (Å²) in [7, 11) is 0. The molecular weight excluding hydrogens is 538 g/mol. The van der Waals surface area contributed by atoms with Crippen molar-refractivity contribution in [2.24, 2.45) is 0 Å². The Morgan fingerprint density at radius 2 is 1.60 bits per heavy atom. The van der Waals surface area contributed by atoms with Crippen molar-refractivity contribution < 1.29 is 29.0 Å². The van der Waals surface area contributed by atoms with E-state index in [4.69, 9.17) is 9.47 Å². The zero-order chi connectivity index (χ0) is 29.5. The Labute approximate surface area is 242 Å². The molecule has 0 bridgehead atoms. The molecule has 2 atom stereocenters. The van der Waals surface area contributed by atoms with Gasteiger partial charge >= 0.3 is 12.1 Å². The van der Waals surface area contributed by atoms with E-state index in [-0.39, 0.29) is 37.9 Å². The number of carbonyl (C=O) groups excluding carboxylic acids is 2. The molecule has 1 aliphatic carbocycles. The molecule has 1 aromatic heterocycles. The second kappa shape index (κ2) is 13.1. The van der Waals surface area contributed by atoms with Crippen LogP contribution in [0.1, 0.15) is 40.0 Å². The molecule has 11 nitrogen and oxygen atoms in total. The topological polar surface area (TPSA) is 145 Å². The van der Waals surface area contributed by atoms with Gasteiger partial charge in [-0.2, -0.15) is 0 Å². The van der Waals surface area contributed by atoms with E-state index >= 15 is 0 Å². The highest BCUT2D eigenvalue weighted by atomic mass is 16.5. The number of aliphatic carboxylic acids is 1. The van der Waals surface area contributed by atoms with Gasteiger partial charge in [0.25, 0.3) is 5.91 Å². The maximum absolute atomic E-state index is 12.7. The molecular formula is C31H31N5O6. The molecule has 0 radical (unpaired) electrons. The van der Waals surface area contributed by atoms with Crippen LogP contribution in [-0.2, 0) is 27.4 Å². The average Bonchev–Trinajstić information content (AvgIpc) is 3.61. The lowest BCUT2D eigenvalue weighted by molar-refractivity contribution is -0.143. The SMILES string of the molecule is CC(OCc1ccccc1)C(NC(=O)c1cn(CCNC(=O)OCC2c3ccccc3-c3ccccc32)nn1)C(=O)O. The number of alkyl carbamates (subject to hydrolysis) is 1. The smallest absolute Gasteiger partial charge is 0.407 e. The fourth-order valence-electron chi connectivity index (χ4n) is 4.93. The second-order valence-corrected chi connectivity index (χ2v) is 9.91. The van der Waals surface area contributed by atoms with Crippen molar-refractivity contribution in [2.75, 3.05) is 13.2 Å². The molecule has 0 spiro atoms. The number of nitrogens with one attached hydrogen (secondary N) is 2. The molecule has 3 aromatic carbocycles. The van der Waals surface area contributed by atoms with Crippen LogP contribution < -0.4 is 10.6 Å². The summed E-state index contributed by atoms with van der Waals surface area (Å²) in [6.45, 7) is 2.39. The van der Waals surface area contributed by atoms with Crippen LogP contribution in [-0.4, -0.2) is 63.4 Å². The Morgan fingerprint density at radius 1 is 0.952 bits per heavy atom. The number of benzene rings is 3. The largest absolute Gasteiger partial charge is 0.480 e. The quantitative estimate of drug-likeness (QED) is 0.235. The third-order valence-corrected chi connectivity index (χ3v) is 7.10. The highest BCUT2D eigenvalue weighted by molar-refractivity contribution is 5.94. The molecule has 0 fully saturated rings. The van der Waals surface area contributed by atoms with Gasteiger partial charge in [-0.05, 0) is 34.7 Å². The van der Waals surface area contributed by atoms with E-state index in [1.165, 1.54) is 10.9 Å². The second-order valence-electron chi connectivity index (χ2n) is 9.91. The van der Waals surface area contributed by atoms with E-state index in [1.807, 2.05) is 54.6 Å². The highest BCUT2D eigenvalue weighted by Gasteiger charge is 2.30. The third kappa shape index (κ3) is 6.64. The average molecular weight is 570 g/mol. The fraction of sp³-hybridized carbons (Fsp3) is 0.258. The molecule has 1 heterocycles. The molecule has 216 valence electrons. The number of aromatic nitrogens is 3. The summed E-state index contributed by atoms with van der Waals surface area (Å²) in [5.41, 5.74) is 5.38. The number of carboxylic acids is 1. The van der Waals surface area contributed by atoms with Gasteiger partial charge in [-0.1, -0.05) is 84.1 Å². The number of hydrogen-bond donors (Lipinski definition) is 3. The molecule has 42 heavy (non-hydrogen) atoms. The molecule has 1 aliphatic rings. The summed E-state index contributed by atoms with van der Waals surface area (Å²) in [4.78, 5) is 36.9. The number of rotatable bonds is 12. The minimum Gasteiger partial charge on any atom is -0.480 e. The van der Waals surface area contributed by atoms with Gasteiger partial charge < -0.3 is 25.2 Å². The van der Waals surface area contributed by atoms with Crippen LogP contribution in [0.15, 0.2) is 85.1 Å². The van der Waals surface area contributed by atoms with Crippen LogP contribution in [0.5, 0.6) is 0 Å². The molecule has 0 saturated heterocycles. The van der Waals surface area contributed by atoms with Crippen LogP contribution in [0.25, 0.3) is 11.1 Å². The minimum atomic E-state index is -1.29. The first-order chi connectivity index (χ1) is 20.4. The first-order valence-electron chi connectivity index (χ1n) is 13.6. The maximum atomic E-state index is 12.7. The first kappa shape index (κ1) is 28.5. The van der Waals surface area contributed by atoms with Crippen molar-refractivity contribution in [3.05, 3.63) is 107 Å². The molecule has 0 aliphatic heterocycles. The monoisotopic (exact) mass is 569 g/mol. The van der Waals surface area contributed by atoms with Gasteiger partial charge in [0.2, 0.25) is 0 Å². The van der Waals surface area contributed by atoms with Crippen LogP contribution in [0.4, 0.5) is 4.79 Å². The van der Waals surface area contributed by atoms with Crippen molar-refractivity contribution in [2.45, 2.75) is 38.1 Å². The van der Waals surface area contributed by atoms with Crippen molar-refractivity contribution in [1.82, 2.24) is 25.6 Å². The standard InChI is InChI=1S/C31H31N5O6/c1-20(41-18-21-9-3-2-4-10-21)28(30(38)39)33-29(37)27-17-36(35-34-27)16-15-32-31(40)42-19-26-24-13-7-5-11-22(24)23-12-6-8-14-25(23)26/h2-14,17,20,26,28H,15-16,18-19H2,1H3,(H,32,40)(H,33,37)(H,38,39). The summed E-state index contributed by atoms with van der Waals surface area (Å²) in [5, 5.41) is 22.5. The van der Waals surface area contributed by atoms with Gasteiger partial charge in [0.15, 0.2) is 11.7 Å². The van der Waals surface area contributed by atoms with E-state index in [9.17, 15) is 19.5 Å². The lowest BCUT2D eigenvalue weighted by Gasteiger charge is -2.21. The van der Waals surface area contributed by atoms with E-state index in [0.717, 1.165) is 27.8 Å². The zero-order valence-corrected chi connectivity index (χ0v) is 23.0. The predicted molar refractivity (Wildman–Crippen MR) is 153 cm³/mol. The summed E-state index contributed by atoms with van der Waals surface area (Å²) in [6, 6.07) is 24.2. The summed E-state index contributed by atoms with van der Waals surface area (Å²) < 4.78 is 12.6.